The summed E-state index contributed by atoms with van der Waals surface area (Å²) in [6.45, 7) is 5.81. The average molecular weight is 203 g/mol. The largest absolute Gasteiger partial charge is 0.319 e. The molecule has 13 heavy (non-hydrogen) atoms. The zero-order valence-corrected chi connectivity index (χ0v) is 10.5. The summed E-state index contributed by atoms with van der Waals surface area (Å²) in [5.41, 5.74) is 0.560. The Balaban J connectivity index is 3.89. The fourth-order valence-corrected chi connectivity index (χ4v) is 2.34. The lowest BCUT2D eigenvalue weighted by atomic mass is 9.78. The van der Waals surface area contributed by atoms with Crippen LogP contribution in [0.25, 0.3) is 0 Å². The van der Waals surface area contributed by atoms with Gasteiger partial charge < -0.3 is 5.32 Å². The van der Waals surface area contributed by atoms with E-state index in [0.29, 0.717) is 5.41 Å². The topological polar surface area (TPSA) is 12.0 Å². The third-order valence-corrected chi connectivity index (χ3v) is 3.80. The summed E-state index contributed by atoms with van der Waals surface area (Å²) in [5, 5.41) is 3.33. The molecule has 0 bridgehead atoms. The predicted molar refractivity (Wildman–Crippen MR) is 64.6 cm³/mol. The van der Waals surface area contributed by atoms with Gasteiger partial charge in [-0.1, -0.05) is 13.8 Å². The van der Waals surface area contributed by atoms with Crippen LogP contribution in [0.15, 0.2) is 0 Å². The van der Waals surface area contributed by atoms with Crippen LogP contribution in [0, 0.1) is 5.41 Å². The maximum Gasteiger partial charge on any atom is 0.000460 e. The van der Waals surface area contributed by atoms with Gasteiger partial charge in [0.1, 0.15) is 0 Å². The SMILES string of the molecule is CCC(CC)(CCCSC)CNC. The average Bonchev–Trinajstić information content (AvgIpc) is 2.17. The Labute approximate surface area is 88.1 Å². The third-order valence-electron chi connectivity index (χ3n) is 3.11. The van der Waals surface area contributed by atoms with Crippen LogP contribution >= 0.6 is 11.8 Å². The highest BCUT2D eigenvalue weighted by Crippen LogP contribution is 2.31. The molecule has 1 nitrogen and oxygen atoms in total. The van der Waals surface area contributed by atoms with E-state index in [1.165, 1.54) is 38.0 Å². The molecule has 0 saturated carbocycles. The zero-order valence-electron chi connectivity index (χ0n) is 9.65. The smallest absolute Gasteiger partial charge is 0.000460 e. The van der Waals surface area contributed by atoms with Gasteiger partial charge in [-0.05, 0) is 50.2 Å². The first-order valence-electron chi connectivity index (χ1n) is 5.38. The number of thioether (sulfide) groups is 1. The minimum atomic E-state index is 0.560. The second-order valence-electron chi connectivity index (χ2n) is 3.83. The maximum absolute atomic E-state index is 3.33. The van der Waals surface area contributed by atoms with Crippen molar-refractivity contribution in [2.75, 3.05) is 25.6 Å². The first kappa shape index (κ1) is 13.3. The third kappa shape index (κ3) is 4.92. The summed E-state index contributed by atoms with van der Waals surface area (Å²) in [5.74, 6) is 1.31. The Kier molecular flexibility index (Phi) is 7.87. The van der Waals surface area contributed by atoms with Gasteiger partial charge in [0, 0.05) is 6.54 Å². The van der Waals surface area contributed by atoms with Crippen molar-refractivity contribution in [2.24, 2.45) is 5.41 Å². The van der Waals surface area contributed by atoms with Gasteiger partial charge >= 0.3 is 0 Å². The molecule has 0 fully saturated rings. The van der Waals surface area contributed by atoms with E-state index >= 15 is 0 Å². The molecule has 0 rings (SSSR count). The minimum Gasteiger partial charge on any atom is -0.319 e. The van der Waals surface area contributed by atoms with E-state index in [0.717, 1.165) is 0 Å². The van der Waals surface area contributed by atoms with Crippen LogP contribution in [0.5, 0.6) is 0 Å². The van der Waals surface area contributed by atoms with Gasteiger partial charge in [0.05, 0.1) is 0 Å². The van der Waals surface area contributed by atoms with E-state index in [2.05, 4.69) is 32.5 Å². The molecule has 0 unspecified atom stereocenters. The normalized spacial score (nSPS) is 12.0. The van der Waals surface area contributed by atoms with E-state index in [1.54, 1.807) is 0 Å². The molecule has 0 atom stereocenters. The molecule has 0 aromatic rings. The highest BCUT2D eigenvalue weighted by atomic mass is 32.2. The predicted octanol–water partition coefficient (Wildman–Crippen LogP) is 3.16. The number of hydrogen-bond donors (Lipinski definition) is 1. The Morgan fingerprint density at radius 2 is 1.85 bits per heavy atom. The van der Waals surface area contributed by atoms with Crippen LogP contribution < -0.4 is 5.32 Å². The lowest BCUT2D eigenvalue weighted by Crippen LogP contribution is -2.31. The summed E-state index contributed by atoms with van der Waals surface area (Å²) in [7, 11) is 2.06. The molecule has 2 heteroatoms. The van der Waals surface area contributed by atoms with Crippen LogP contribution in [0.4, 0.5) is 0 Å². The fraction of sp³-hybridized carbons (Fsp3) is 1.00. The van der Waals surface area contributed by atoms with Crippen molar-refractivity contribution in [3.05, 3.63) is 0 Å². The monoisotopic (exact) mass is 203 g/mol. The molecule has 80 valence electrons. The highest BCUT2D eigenvalue weighted by Gasteiger charge is 2.24. The van der Waals surface area contributed by atoms with Gasteiger partial charge in [-0.15, -0.1) is 0 Å². The van der Waals surface area contributed by atoms with Crippen LogP contribution in [0.1, 0.15) is 39.5 Å². The highest BCUT2D eigenvalue weighted by molar-refractivity contribution is 7.98. The molecule has 1 N–H and O–H groups in total. The summed E-state index contributed by atoms with van der Waals surface area (Å²) >= 11 is 1.96. The quantitative estimate of drug-likeness (QED) is 0.608. The van der Waals surface area contributed by atoms with Crippen LogP contribution in [-0.2, 0) is 0 Å². The van der Waals surface area contributed by atoms with Crippen molar-refractivity contribution in [3.63, 3.8) is 0 Å². The van der Waals surface area contributed by atoms with E-state index < -0.39 is 0 Å². The number of rotatable bonds is 8. The molecule has 0 aromatic carbocycles. The molecule has 0 spiro atoms. The van der Waals surface area contributed by atoms with Gasteiger partial charge in [-0.2, -0.15) is 11.8 Å². The second kappa shape index (κ2) is 7.69. The second-order valence-corrected chi connectivity index (χ2v) is 4.82. The molecule has 0 aromatic heterocycles. The Morgan fingerprint density at radius 3 is 2.23 bits per heavy atom. The summed E-state index contributed by atoms with van der Waals surface area (Å²) < 4.78 is 0. The van der Waals surface area contributed by atoms with Crippen molar-refractivity contribution in [2.45, 2.75) is 39.5 Å². The van der Waals surface area contributed by atoms with Gasteiger partial charge in [0.25, 0.3) is 0 Å². The minimum absolute atomic E-state index is 0.560. The molecular formula is C11H25NS. The van der Waals surface area contributed by atoms with E-state index in [1.807, 2.05) is 11.8 Å². The Bertz CT molecular complexity index is 111. The molecule has 0 aliphatic carbocycles. The van der Waals surface area contributed by atoms with Gasteiger partial charge in [0.2, 0.25) is 0 Å². The van der Waals surface area contributed by atoms with E-state index in [9.17, 15) is 0 Å². The fourth-order valence-electron chi connectivity index (χ4n) is 1.91. The number of hydrogen-bond acceptors (Lipinski definition) is 2. The van der Waals surface area contributed by atoms with Crippen molar-refractivity contribution < 1.29 is 0 Å². The zero-order chi connectivity index (χ0) is 10.2. The van der Waals surface area contributed by atoms with Gasteiger partial charge in [-0.3, -0.25) is 0 Å². The van der Waals surface area contributed by atoms with Gasteiger partial charge in [0.15, 0.2) is 0 Å². The van der Waals surface area contributed by atoms with Crippen LogP contribution in [0.2, 0.25) is 0 Å². The molecule has 0 amide bonds. The number of nitrogens with one attached hydrogen (secondary N) is 1. The molecule has 0 saturated heterocycles. The Morgan fingerprint density at radius 1 is 1.23 bits per heavy atom. The maximum atomic E-state index is 3.33. The molecule has 0 radical (unpaired) electrons. The lowest BCUT2D eigenvalue weighted by molar-refractivity contribution is 0.232. The van der Waals surface area contributed by atoms with E-state index in [-0.39, 0.29) is 0 Å². The van der Waals surface area contributed by atoms with Crippen molar-refractivity contribution in [3.8, 4) is 0 Å². The van der Waals surface area contributed by atoms with Crippen molar-refractivity contribution in [1.29, 1.82) is 0 Å². The molecule has 0 heterocycles. The van der Waals surface area contributed by atoms with Crippen LogP contribution in [-0.4, -0.2) is 25.6 Å². The summed E-state index contributed by atoms with van der Waals surface area (Å²) in [6, 6.07) is 0. The Hall–Kier alpha value is 0.310. The van der Waals surface area contributed by atoms with Gasteiger partial charge in [-0.25, -0.2) is 0 Å². The summed E-state index contributed by atoms with van der Waals surface area (Å²) in [6.07, 6.45) is 7.54. The first-order valence-corrected chi connectivity index (χ1v) is 6.77. The van der Waals surface area contributed by atoms with Crippen molar-refractivity contribution >= 4 is 11.8 Å². The van der Waals surface area contributed by atoms with Crippen LogP contribution in [0.3, 0.4) is 0 Å². The summed E-state index contributed by atoms with van der Waals surface area (Å²) in [4.78, 5) is 0. The molecular weight excluding hydrogens is 178 g/mol. The first-order chi connectivity index (χ1) is 6.24. The standard InChI is InChI=1S/C11H25NS/c1-5-11(6-2,10-12-3)8-7-9-13-4/h12H,5-10H2,1-4H3. The van der Waals surface area contributed by atoms with E-state index in [4.69, 9.17) is 0 Å². The van der Waals surface area contributed by atoms with Crippen molar-refractivity contribution in [1.82, 2.24) is 5.32 Å². The lowest BCUT2D eigenvalue weighted by Gasteiger charge is -2.31. The molecule has 0 aliphatic rings. The molecule has 0 aliphatic heterocycles.